The second-order valence-electron chi connectivity index (χ2n) is 5.95. The molecule has 1 amide bonds. The minimum absolute atomic E-state index is 0.303. The van der Waals surface area contributed by atoms with E-state index in [2.05, 4.69) is 20.7 Å². The van der Waals surface area contributed by atoms with E-state index in [1.54, 1.807) is 19.3 Å². The Bertz CT molecular complexity index is 1010. The van der Waals surface area contributed by atoms with E-state index in [1.807, 2.05) is 61.5 Å². The predicted molar refractivity (Wildman–Crippen MR) is 113 cm³/mol. The van der Waals surface area contributed by atoms with E-state index < -0.39 is 0 Å². The minimum Gasteiger partial charge on any atom is -0.493 e. The molecule has 0 aliphatic rings. The van der Waals surface area contributed by atoms with Gasteiger partial charge < -0.3 is 9.47 Å². The third-order valence-electron chi connectivity index (χ3n) is 4.00. The van der Waals surface area contributed by atoms with E-state index in [0.717, 1.165) is 11.1 Å². The Hall–Kier alpha value is -3.87. The molecule has 7 nitrogen and oxygen atoms in total. The molecular formula is C22H22N4O3. The Kier molecular flexibility index (Phi) is 6.78. The quantitative estimate of drug-likeness (QED) is 0.451. The number of allylic oxidation sites excluding steroid dienone is 1. The molecule has 7 heteroatoms. The van der Waals surface area contributed by atoms with Crippen molar-refractivity contribution < 1.29 is 14.3 Å². The number of methoxy groups -OCH3 is 1. The van der Waals surface area contributed by atoms with E-state index in [-0.39, 0.29) is 5.91 Å². The summed E-state index contributed by atoms with van der Waals surface area (Å²) in [6.07, 6.45) is 5.16. The van der Waals surface area contributed by atoms with Gasteiger partial charge in [0.15, 0.2) is 11.5 Å². The number of benzene rings is 2. The normalized spacial score (nSPS) is 11.1. The monoisotopic (exact) mass is 390 g/mol. The molecule has 0 bridgehead atoms. The summed E-state index contributed by atoms with van der Waals surface area (Å²) in [5.41, 5.74) is 5.23. The highest BCUT2D eigenvalue weighted by Gasteiger charge is 2.12. The average molecular weight is 390 g/mol. The third kappa shape index (κ3) is 5.32. The zero-order chi connectivity index (χ0) is 20.5. The van der Waals surface area contributed by atoms with Gasteiger partial charge in [0.25, 0.3) is 5.91 Å². The molecule has 0 fully saturated rings. The van der Waals surface area contributed by atoms with Gasteiger partial charge in [-0.3, -0.25) is 9.89 Å². The average Bonchev–Trinajstić information content (AvgIpc) is 3.25. The first kappa shape index (κ1) is 19.9. The SMILES string of the molecule is CCOc1ccc(-c2cc(C(=O)NN=CC=Cc3ccccc3)[nH]n2)cc1OC. The van der Waals surface area contributed by atoms with Gasteiger partial charge in [-0.2, -0.15) is 10.2 Å². The van der Waals surface area contributed by atoms with E-state index in [1.165, 1.54) is 6.21 Å². The molecule has 0 spiro atoms. The zero-order valence-electron chi connectivity index (χ0n) is 16.3. The highest BCUT2D eigenvalue weighted by atomic mass is 16.5. The van der Waals surface area contributed by atoms with Crippen LogP contribution in [0.15, 0.2) is 65.8 Å². The van der Waals surface area contributed by atoms with Crippen molar-refractivity contribution in [1.82, 2.24) is 15.6 Å². The molecule has 0 atom stereocenters. The Balaban J connectivity index is 1.62. The van der Waals surface area contributed by atoms with Gasteiger partial charge in [-0.25, -0.2) is 5.43 Å². The van der Waals surface area contributed by atoms with Gasteiger partial charge in [-0.1, -0.05) is 36.4 Å². The lowest BCUT2D eigenvalue weighted by molar-refractivity contribution is 0.0950. The number of rotatable bonds is 8. The lowest BCUT2D eigenvalue weighted by atomic mass is 10.1. The van der Waals surface area contributed by atoms with Crippen LogP contribution < -0.4 is 14.9 Å². The molecule has 0 saturated carbocycles. The number of hydrazone groups is 1. The largest absolute Gasteiger partial charge is 0.493 e. The molecule has 0 unspecified atom stereocenters. The number of amides is 1. The standard InChI is InChI=1S/C22H22N4O3/c1-3-29-20-12-11-17(14-21(20)28-2)18-15-19(25-24-18)22(27)26-23-13-7-10-16-8-5-4-6-9-16/h4-15H,3H2,1-2H3,(H,24,25)(H,26,27). The van der Waals surface area contributed by atoms with Crippen molar-refractivity contribution in [3.63, 3.8) is 0 Å². The molecule has 0 saturated heterocycles. The molecule has 0 aliphatic carbocycles. The van der Waals surface area contributed by atoms with E-state index in [9.17, 15) is 4.79 Å². The summed E-state index contributed by atoms with van der Waals surface area (Å²) < 4.78 is 10.9. The number of ether oxygens (including phenoxy) is 2. The number of hydrogen-bond acceptors (Lipinski definition) is 5. The van der Waals surface area contributed by atoms with E-state index in [4.69, 9.17) is 9.47 Å². The molecule has 29 heavy (non-hydrogen) atoms. The van der Waals surface area contributed by atoms with Crippen molar-refractivity contribution >= 4 is 18.2 Å². The number of nitrogens with zero attached hydrogens (tertiary/aromatic N) is 2. The van der Waals surface area contributed by atoms with Gasteiger partial charge in [0, 0.05) is 11.8 Å². The Morgan fingerprint density at radius 1 is 1.17 bits per heavy atom. The number of carbonyl (C=O) groups is 1. The number of aromatic amines is 1. The van der Waals surface area contributed by atoms with Gasteiger partial charge in [0.2, 0.25) is 0 Å². The molecule has 0 radical (unpaired) electrons. The van der Waals surface area contributed by atoms with Crippen LogP contribution in [-0.2, 0) is 0 Å². The molecule has 1 heterocycles. The van der Waals surface area contributed by atoms with E-state index in [0.29, 0.717) is 29.5 Å². The highest BCUT2D eigenvalue weighted by molar-refractivity contribution is 5.94. The fourth-order valence-electron chi connectivity index (χ4n) is 2.61. The maximum Gasteiger partial charge on any atom is 0.289 e. The van der Waals surface area contributed by atoms with Crippen molar-refractivity contribution in [1.29, 1.82) is 0 Å². The predicted octanol–water partition coefficient (Wildman–Crippen LogP) is 3.91. The summed E-state index contributed by atoms with van der Waals surface area (Å²) >= 11 is 0. The zero-order valence-corrected chi connectivity index (χ0v) is 16.3. The minimum atomic E-state index is -0.383. The van der Waals surface area contributed by atoms with Crippen LogP contribution in [0, 0.1) is 0 Å². The van der Waals surface area contributed by atoms with Gasteiger partial charge in [-0.15, -0.1) is 0 Å². The van der Waals surface area contributed by atoms with Gasteiger partial charge in [-0.05, 0) is 42.8 Å². The second kappa shape index (κ2) is 9.89. The number of aromatic nitrogens is 2. The van der Waals surface area contributed by atoms with Crippen LogP contribution in [0.2, 0.25) is 0 Å². The van der Waals surface area contributed by atoms with Crippen molar-refractivity contribution in [2.75, 3.05) is 13.7 Å². The molecule has 1 aromatic heterocycles. The summed E-state index contributed by atoms with van der Waals surface area (Å²) in [5, 5.41) is 10.8. The number of carbonyl (C=O) groups excluding carboxylic acids is 1. The van der Waals surface area contributed by atoms with Crippen LogP contribution >= 0.6 is 0 Å². The molecule has 2 aromatic carbocycles. The lowest BCUT2D eigenvalue weighted by Crippen LogP contribution is -2.17. The van der Waals surface area contributed by atoms with Crippen LogP contribution in [0.25, 0.3) is 17.3 Å². The summed E-state index contributed by atoms with van der Waals surface area (Å²) in [6, 6.07) is 17.0. The van der Waals surface area contributed by atoms with Crippen molar-refractivity contribution in [2.45, 2.75) is 6.92 Å². The smallest absolute Gasteiger partial charge is 0.289 e. The molecular weight excluding hydrogens is 368 g/mol. The molecule has 2 N–H and O–H groups in total. The van der Waals surface area contributed by atoms with Crippen LogP contribution in [0.4, 0.5) is 0 Å². The number of H-pyrrole nitrogens is 1. The fourth-order valence-corrected chi connectivity index (χ4v) is 2.61. The fraction of sp³-hybridized carbons (Fsp3) is 0.136. The first-order valence-electron chi connectivity index (χ1n) is 9.13. The summed E-state index contributed by atoms with van der Waals surface area (Å²) in [6.45, 7) is 2.45. The summed E-state index contributed by atoms with van der Waals surface area (Å²) in [4.78, 5) is 12.2. The first-order valence-corrected chi connectivity index (χ1v) is 9.13. The number of hydrogen-bond donors (Lipinski definition) is 2. The second-order valence-corrected chi connectivity index (χ2v) is 5.95. The Labute approximate surface area is 169 Å². The molecule has 3 aromatic rings. The summed E-state index contributed by atoms with van der Waals surface area (Å²) in [7, 11) is 1.58. The van der Waals surface area contributed by atoms with Crippen molar-refractivity contribution in [3.05, 3.63) is 71.9 Å². The third-order valence-corrected chi connectivity index (χ3v) is 4.00. The molecule has 0 aliphatic heterocycles. The van der Waals surface area contributed by atoms with Gasteiger partial charge in [0.1, 0.15) is 5.69 Å². The molecule has 3 rings (SSSR count). The van der Waals surface area contributed by atoms with Crippen LogP contribution in [0.1, 0.15) is 23.0 Å². The molecule has 148 valence electrons. The highest BCUT2D eigenvalue weighted by Crippen LogP contribution is 2.32. The van der Waals surface area contributed by atoms with E-state index >= 15 is 0 Å². The topological polar surface area (TPSA) is 88.6 Å². The Morgan fingerprint density at radius 2 is 2.00 bits per heavy atom. The van der Waals surface area contributed by atoms with Crippen LogP contribution in [0.3, 0.4) is 0 Å². The van der Waals surface area contributed by atoms with Crippen LogP contribution in [0.5, 0.6) is 11.5 Å². The maximum absolute atomic E-state index is 12.2. The van der Waals surface area contributed by atoms with Gasteiger partial charge >= 0.3 is 0 Å². The van der Waals surface area contributed by atoms with Gasteiger partial charge in [0.05, 0.1) is 19.4 Å². The maximum atomic E-state index is 12.2. The first-order chi connectivity index (χ1) is 14.2. The lowest BCUT2D eigenvalue weighted by Gasteiger charge is -2.09. The van der Waals surface area contributed by atoms with Crippen LogP contribution in [-0.4, -0.2) is 36.0 Å². The summed E-state index contributed by atoms with van der Waals surface area (Å²) in [5.74, 6) is 0.879. The van der Waals surface area contributed by atoms with Crippen molar-refractivity contribution in [2.24, 2.45) is 5.10 Å². The van der Waals surface area contributed by atoms with Crippen molar-refractivity contribution in [3.8, 4) is 22.8 Å². The number of nitrogens with one attached hydrogen (secondary N) is 2. The Morgan fingerprint density at radius 3 is 2.76 bits per heavy atom.